The number of nitrogens with one attached hydrogen (secondary N) is 2. The molecule has 2 saturated heterocycles. The van der Waals surface area contributed by atoms with Gasteiger partial charge in [-0.05, 0) is 51.9 Å². The summed E-state index contributed by atoms with van der Waals surface area (Å²) in [6.45, 7) is 4.33. The first-order chi connectivity index (χ1) is 6.35. The zero-order valence-corrected chi connectivity index (χ0v) is 8.44. The molecule has 2 aliphatic rings. The fraction of sp³-hybridized carbons (Fsp3) is 1.00. The van der Waals surface area contributed by atoms with E-state index < -0.39 is 0 Å². The Bertz CT molecular complexity index is 166. The summed E-state index contributed by atoms with van der Waals surface area (Å²) in [5.74, 6) is 0.739. The first kappa shape index (κ1) is 9.44. The quantitative estimate of drug-likeness (QED) is 0.650. The zero-order valence-electron chi connectivity index (χ0n) is 8.44. The van der Waals surface area contributed by atoms with Gasteiger partial charge in [0.25, 0.3) is 0 Å². The van der Waals surface area contributed by atoms with Crippen LogP contribution in [0, 0.1) is 5.92 Å². The largest absolute Gasteiger partial charge is 0.375 e. The van der Waals surface area contributed by atoms with Crippen molar-refractivity contribution in [3.05, 3.63) is 0 Å². The Hall–Kier alpha value is -0.120. The van der Waals surface area contributed by atoms with E-state index in [1.165, 1.54) is 19.3 Å². The second-order valence-electron chi connectivity index (χ2n) is 4.37. The lowest BCUT2D eigenvalue weighted by molar-refractivity contribution is -0.0196. The molecule has 0 aromatic rings. The molecule has 0 radical (unpaired) electrons. The first-order valence-corrected chi connectivity index (χ1v) is 5.34. The molecule has 1 spiro atoms. The van der Waals surface area contributed by atoms with Gasteiger partial charge in [-0.25, -0.2) is 0 Å². The van der Waals surface area contributed by atoms with Crippen molar-refractivity contribution in [1.29, 1.82) is 0 Å². The lowest BCUT2D eigenvalue weighted by Gasteiger charge is -2.33. The fourth-order valence-corrected chi connectivity index (χ4v) is 2.59. The molecule has 1 atom stereocenters. The van der Waals surface area contributed by atoms with Crippen molar-refractivity contribution < 1.29 is 4.74 Å². The number of hydrogen-bond donors (Lipinski definition) is 2. The van der Waals surface area contributed by atoms with Crippen LogP contribution in [0.2, 0.25) is 0 Å². The highest BCUT2D eigenvalue weighted by atomic mass is 16.5. The SMILES string of the molecule is CNCC1COC2(CCNCC2)C1. The molecule has 0 aromatic carbocycles. The van der Waals surface area contributed by atoms with Gasteiger partial charge in [-0.2, -0.15) is 0 Å². The van der Waals surface area contributed by atoms with Crippen molar-refractivity contribution in [2.75, 3.05) is 33.3 Å². The van der Waals surface area contributed by atoms with Gasteiger partial charge in [0.1, 0.15) is 0 Å². The smallest absolute Gasteiger partial charge is 0.0710 e. The van der Waals surface area contributed by atoms with Crippen LogP contribution < -0.4 is 10.6 Å². The Morgan fingerprint density at radius 3 is 2.92 bits per heavy atom. The van der Waals surface area contributed by atoms with E-state index >= 15 is 0 Å². The highest BCUT2D eigenvalue weighted by Crippen LogP contribution is 2.36. The molecule has 1 unspecified atom stereocenters. The predicted molar refractivity (Wildman–Crippen MR) is 52.8 cm³/mol. The Kier molecular flexibility index (Phi) is 2.86. The van der Waals surface area contributed by atoms with E-state index in [9.17, 15) is 0 Å². The minimum absolute atomic E-state index is 0.243. The maximum Gasteiger partial charge on any atom is 0.0710 e. The van der Waals surface area contributed by atoms with Gasteiger partial charge in [0.15, 0.2) is 0 Å². The zero-order chi connectivity index (χ0) is 9.15. The van der Waals surface area contributed by atoms with E-state index in [4.69, 9.17) is 4.74 Å². The third-order valence-electron chi connectivity index (χ3n) is 3.29. The van der Waals surface area contributed by atoms with Crippen LogP contribution in [0.5, 0.6) is 0 Å². The monoisotopic (exact) mass is 184 g/mol. The van der Waals surface area contributed by atoms with Crippen molar-refractivity contribution in [2.45, 2.75) is 24.9 Å². The first-order valence-electron chi connectivity index (χ1n) is 5.34. The standard InChI is InChI=1S/C10H20N2O/c1-11-7-9-6-10(13-8-9)2-4-12-5-3-10/h9,11-12H,2-8H2,1H3. The molecular formula is C10H20N2O. The number of rotatable bonds is 2. The highest BCUT2D eigenvalue weighted by molar-refractivity contribution is 4.93. The molecule has 0 amide bonds. The maximum absolute atomic E-state index is 5.97. The average molecular weight is 184 g/mol. The molecule has 3 nitrogen and oxygen atoms in total. The summed E-state index contributed by atoms with van der Waals surface area (Å²) in [7, 11) is 2.02. The Labute approximate surface area is 80.2 Å². The van der Waals surface area contributed by atoms with Crippen LogP contribution in [0.3, 0.4) is 0 Å². The van der Waals surface area contributed by atoms with Gasteiger partial charge < -0.3 is 15.4 Å². The van der Waals surface area contributed by atoms with Crippen LogP contribution in [0.4, 0.5) is 0 Å². The molecule has 13 heavy (non-hydrogen) atoms. The Morgan fingerprint density at radius 1 is 1.46 bits per heavy atom. The highest BCUT2D eigenvalue weighted by Gasteiger charge is 2.40. The van der Waals surface area contributed by atoms with Crippen LogP contribution in [0.1, 0.15) is 19.3 Å². The van der Waals surface area contributed by atoms with Gasteiger partial charge >= 0.3 is 0 Å². The molecule has 2 rings (SSSR count). The second kappa shape index (κ2) is 3.95. The van der Waals surface area contributed by atoms with E-state index in [2.05, 4.69) is 10.6 Å². The van der Waals surface area contributed by atoms with Crippen LogP contribution in [0.25, 0.3) is 0 Å². The minimum atomic E-state index is 0.243. The predicted octanol–water partition coefficient (Wildman–Crippen LogP) is 0.364. The van der Waals surface area contributed by atoms with Crippen LogP contribution in [-0.4, -0.2) is 38.9 Å². The number of hydrogen-bond acceptors (Lipinski definition) is 3. The van der Waals surface area contributed by atoms with Gasteiger partial charge in [0.05, 0.1) is 12.2 Å². The van der Waals surface area contributed by atoms with E-state index in [1.54, 1.807) is 0 Å². The Morgan fingerprint density at radius 2 is 2.23 bits per heavy atom. The molecule has 0 bridgehead atoms. The lowest BCUT2D eigenvalue weighted by Crippen LogP contribution is -2.41. The molecule has 2 N–H and O–H groups in total. The number of piperidine rings is 1. The molecule has 2 aliphatic heterocycles. The van der Waals surface area contributed by atoms with Crippen molar-refractivity contribution >= 4 is 0 Å². The summed E-state index contributed by atoms with van der Waals surface area (Å²) < 4.78 is 5.97. The molecular weight excluding hydrogens is 164 g/mol. The van der Waals surface area contributed by atoms with Gasteiger partial charge in [-0.15, -0.1) is 0 Å². The molecule has 0 aliphatic carbocycles. The summed E-state index contributed by atoms with van der Waals surface area (Å²) in [5, 5.41) is 6.62. The van der Waals surface area contributed by atoms with E-state index in [0.717, 1.165) is 32.2 Å². The fourth-order valence-electron chi connectivity index (χ4n) is 2.59. The molecule has 2 heterocycles. The summed E-state index contributed by atoms with van der Waals surface area (Å²) in [4.78, 5) is 0. The normalized spacial score (nSPS) is 32.5. The maximum atomic E-state index is 5.97. The summed E-state index contributed by atoms with van der Waals surface area (Å²) in [6.07, 6.45) is 3.66. The minimum Gasteiger partial charge on any atom is -0.375 e. The molecule has 0 aromatic heterocycles. The van der Waals surface area contributed by atoms with Gasteiger partial charge in [0.2, 0.25) is 0 Å². The summed E-state index contributed by atoms with van der Waals surface area (Å²) in [6, 6.07) is 0. The lowest BCUT2D eigenvalue weighted by atomic mass is 9.86. The van der Waals surface area contributed by atoms with Gasteiger partial charge in [0, 0.05) is 0 Å². The van der Waals surface area contributed by atoms with Crippen LogP contribution >= 0.6 is 0 Å². The van der Waals surface area contributed by atoms with Crippen molar-refractivity contribution in [1.82, 2.24) is 10.6 Å². The van der Waals surface area contributed by atoms with Crippen molar-refractivity contribution in [3.8, 4) is 0 Å². The molecule has 76 valence electrons. The van der Waals surface area contributed by atoms with E-state index in [1.807, 2.05) is 7.05 Å². The third kappa shape index (κ3) is 2.03. The second-order valence-corrected chi connectivity index (χ2v) is 4.37. The topological polar surface area (TPSA) is 33.3 Å². The van der Waals surface area contributed by atoms with Gasteiger partial charge in [-0.1, -0.05) is 0 Å². The summed E-state index contributed by atoms with van der Waals surface area (Å²) in [5.41, 5.74) is 0.243. The van der Waals surface area contributed by atoms with Crippen molar-refractivity contribution in [2.24, 2.45) is 5.92 Å². The van der Waals surface area contributed by atoms with Crippen LogP contribution in [-0.2, 0) is 4.74 Å². The number of ether oxygens (including phenoxy) is 1. The average Bonchev–Trinajstić information content (AvgIpc) is 2.51. The van der Waals surface area contributed by atoms with Gasteiger partial charge in [-0.3, -0.25) is 0 Å². The molecule has 0 saturated carbocycles. The third-order valence-corrected chi connectivity index (χ3v) is 3.29. The Balaban J connectivity index is 1.87. The molecule has 2 fully saturated rings. The van der Waals surface area contributed by atoms with Crippen molar-refractivity contribution in [3.63, 3.8) is 0 Å². The summed E-state index contributed by atoms with van der Waals surface area (Å²) >= 11 is 0. The van der Waals surface area contributed by atoms with E-state index in [0.29, 0.717) is 0 Å². The van der Waals surface area contributed by atoms with E-state index in [-0.39, 0.29) is 5.60 Å². The van der Waals surface area contributed by atoms with Crippen LogP contribution in [0.15, 0.2) is 0 Å². The molecule has 3 heteroatoms.